The van der Waals surface area contributed by atoms with Crippen molar-refractivity contribution < 1.29 is 19.1 Å². The first-order valence-corrected chi connectivity index (χ1v) is 8.84. The van der Waals surface area contributed by atoms with Gasteiger partial charge in [0, 0.05) is 32.6 Å². The van der Waals surface area contributed by atoms with Crippen LogP contribution in [-0.2, 0) is 16.1 Å². The maximum atomic E-state index is 12.8. The maximum Gasteiger partial charge on any atom is 0.228 e. The number of benzene rings is 2. The van der Waals surface area contributed by atoms with Crippen molar-refractivity contribution in [2.75, 3.05) is 32.7 Å². The van der Waals surface area contributed by atoms with Gasteiger partial charge in [-0.15, -0.1) is 0 Å². The number of anilines is 1. The zero-order valence-corrected chi connectivity index (χ0v) is 15.8. The van der Waals surface area contributed by atoms with Gasteiger partial charge in [0.25, 0.3) is 0 Å². The number of ether oxygens (including phenoxy) is 2. The minimum absolute atomic E-state index is 0.0310. The van der Waals surface area contributed by atoms with Crippen LogP contribution in [0.2, 0.25) is 0 Å². The van der Waals surface area contributed by atoms with Gasteiger partial charge < -0.3 is 19.3 Å². The monoisotopic (exact) mass is 368 g/mol. The molecule has 1 aliphatic heterocycles. The highest BCUT2D eigenvalue weighted by Crippen LogP contribution is 2.36. The zero-order chi connectivity index (χ0) is 19.4. The first-order valence-electron chi connectivity index (χ1n) is 8.84. The quantitative estimate of drug-likeness (QED) is 0.787. The summed E-state index contributed by atoms with van der Waals surface area (Å²) in [5.74, 6) is 0.719. The van der Waals surface area contributed by atoms with Crippen LogP contribution in [-0.4, -0.2) is 44.5 Å². The number of rotatable bonds is 6. The SMILES string of the molecule is COc1ccc(OC)c(N2C[C@H](C(=O)N(C)Cc3ccccc3)CC2=O)c1. The van der Waals surface area contributed by atoms with E-state index < -0.39 is 0 Å². The van der Waals surface area contributed by atoms with Crippen LogP contribution in [0.4, 0.5) is 5.69 Å². The van der Waals surface area contributed by atoms with Gasteiger partial charge in [0.1, 0.15) is 11.5 Å². The van der Waals surface area contributed by atoms with E-state index in [0.717, 1.165) is 5.56 Å². The van der Waals surface area contributed by atoms with Crippen LogP contribution in [0.15, 0.2) is 48.5 Å². The van der Waals surface area contributed by atoms with Crippen LogP contribution in [0.3, 0.4) is 0 Å². The number of nitrogens with zero attached hydrogens (tertiary/aromatic N) is 2. The fourth-order valence-corrected chi connectivity index (χ4v) is 3.36. The Morgan fingerprint density at radius 1 is 1.15 bits per heavy atom. The molecule has 6 nitrogen and oxygen atoms in total. The van der Waals surface area contributed by atoms with E-state index in [-0.39, 0.29) is 24.2 Å². The Labute approximate surface area is 159 Å². The molecule has 3 rings (SSSR count). The van der Waals surface area contributed by atoms with Gasteiger partial charge in [0.05, 0.1) is 25.8 Å². The van der Waals surface area contributed by atoms with Crippen molar-refractivity contribution in [2.45, 2.75) is 13.0 Å². The van der Waals surface area contributed by atoms with Gasteiger partial charge in [0.2, 0.25) is 11.8 Å². The number of carbonyl (C=O) groups excluding carboxylic acids is 2. The fourth-order valence-electron chi connectivity index (χ4n) is 3.36. The van der Waals surface area contributed by atoms with E-state index in [1.807, 2.05) is 30.3 Å². The number of hydrogen-bond donors (Lipinski definition) is 0. The predicted molar refractivity (Wildman–Crippen MR) is 103 cm³/mol. The summed E-state index contributed by atoms with van der Waals surface area (Å²) in [5, 5.41) is 0. The lowest BCUT2D eigenvalue weighted by molar-refractivity contribution is -0.135. The van der Waals surface area contributed by atoms with E-state index >= 15 is 0 Å². The van der Waals surface area contributed by atoms with Crippen molar-refractivity contribution in [3.8, 4) is 11.5 Å². The first-order chi connectivity index (χ1) is 13.0. The van der Waals surface area contributed by atoms with Crippen molar-refractivity contribution in [3.05, 3.63) is 54.1 Å². The van der Waals surface area contributed by atoms with Crippen LogP contribution >= 0.6 is 0 Å². The van der Waals surface area contributed by atoms with Gasteiger partial charge in [-0.3, -0.25) is 9.59 Å². The first kappa shape index (κ1) is 18.8. The molecule has 0 unspecified atom stereocenters. The van der Waals surface area contributed by atoms with E-state index in [2.05, 4.69) is 0 Å². The summed E-state index contributed by atoms with van der Waals surface area (Å²) in [6.07, 6.45) is 0.193. The molecule has 1 aliphatic rings. The zero-order valence-electron chi connectivity index (χ0n) is 15.8. The molecule has 0 radical (unpaired) electrons. The Morgan fingerprint density at radius 2 is 1.89 bits per heavy atom. The Balaban J connectivity index is 1.74. The third-order valence-electron chi connectivity index (χ3n) is 4.79. The van der Waals surface area contributed by atoms with Crippen molar-refractivity contribution in [3.63, 3.8) is 0 Å². The third kappa shape index (κ3) is 4.05. The van der Waals surface area contributed by atoms with Gasteiger partial charge in [-0.1, -0.05) is 30.3 Å². The summed E-state index contributed by atoms with van der Waals surface area (Å²) in [4.78, 5) is 28.7. The van der Waals surface area contributed by atoms with Crippen molar-refractivity contribution >= 4 is 17.5 Å². The van der Waals surface area contributed by atoms with Gasteiger partial charge >= 0.3 is 0 Å². The Bertz CT molecular complexity index is 822. The minimum Gasteiger partial charge on any atom is -0.497 e. The van der Waals surface area contributed by atoms with Crippen LogP contribution in [0, 0.1) is 5.92 Å². The van der Waals surface area contributed by atoms with Crippen LogP contribution < -0.4 is 14.4 Å². The van der Waals surface area contributed by atoms with Crippen LogP contribution in [0.25, 0.3) is 0 Å². The molecule has 2 aromatic carbocycles. The standard InChI is InChI=1S/C21H24N2O4/c1-22(13-15-7-5-4-6-8-15)21(25)16-11-20(24)23(14-16)18-12-17(26-2)9-10-19(18)27-3/h4-10,12,16H,11,13-14H2,1-3H3/t16-/m1/s1. The average Bonchev–Trinajstić information content (AvgIpc) is 3.09. The van der Waals surface area contributed by atoms with E-state index in [9.17, 15) is 9.59 Å². The molecule has 0 aliphatic carbocycles. The molecule has 1 atom stereocenters. The molecule has 0 aromatic heterocycles. The third-order valence-corrected chi connectivity index (χ3v) is 4.79. The molecule has 2 amide bonds. The van der Waals surface area contributed by atoms with Gasteiger partial charge in [0.15, 0.2) is 0 Å². The highest BCUT2D eigenvalue weighted by Gasteiger charge is 2.37. The normalized spacial score (nSPS) is 16.3. The average molecular weight is 368 g/mol. The molecule has 27 heavy (non-hydrogen) atoms. The number of methoxy groups -OCH3 is 2. The van der Waals surface area contributed by atoms with Crippen LogP contribution in [0.5, 0.6) is 11.5 Å². The molecule has 1 fully saturated rings. The maximum absolute atomic E-state index is 12.8. The summed E-state index contributed by atoms with van der Waals surface area (Å²) in [7, 11) is 4.90. The summed E-state index contributed by atoms with van der Waals surface area (Å²) < 4.78 is 10.6. The molecule has 142 valence electrons. The molecule has 0 spiro atoms. The van der Waals surface area contributed by atoms with E-state index in [4.69, 9.17) is 9.47 Å². The predicted octanol–water partition coefficient (Wildman–Crippen LogP) is 2.72. The van der Waals surface area contributed by atoms with Gasteiger partial charge in [-0.2, -0.15) is 0 Å². The lowest BCUT2D eigenvalue weighted by atomic mass is 10.1. The van der Waals surface area contributed by atoms with Crippen molar-refractivity contribution in [1.29, 1.82) is 0 Å². The largest absolute Gasteiger partial charge is 0.497 e. The van der Waals surface area contributed by atoms with Crippen LogP contribution in [0.1, 0.15) is 12.0 Å². The molecule has 0 N–H and O–H groups in total. The van der Waals surface area contributed by atoms with Crippen molar-refractivity contribution in [1.82, 2.24) is 4.90 Å². The van der Waals surface area contributed by atoms with E-state index in [0.29, 0.717) is 30.3 Å². The highest BCUT2D eigenvalue weighted by atomic mass is 16.5. The molecule has 6 heteroatoms. The second-order valence-corrected chi connectivity index (χ2v) is 6.62. The van der Waals surface area contributed by atoms with Gasteiger partial charge in [-0.05, 0) is 17.7 Å². The van der Waals surface area contributed by atoms with E-state index in [1.165, 1.54) is 0 Å². The summed E-state index contributed by atoms with van der Waals surface area (Å²) in [5.41, 5.74) is 1.69. The smallest absolute Gasteiger partial charge is 0.228 e. The molecular weight excluding hydrogens is 344 g/mol. The summed E-state index contributed by atoms with van der Waals surface area (Å²) in [6.45, 7) is 0.854. The minimum atomic E-state index is -0.373. The molecule has 0 saturated carbocycles. The lowest BCUT2D eigenvalue weighted by Crippen LogP contribution is -2.34. The van der Waals surface area contributed by atoms with E-state index in [1.54, 1.807) is 49.3 Å². The Morgan fingerprint density at radius 3 is 2.56 bits per heavy atom. The molecule has 1 saturated heterocycles. The number of amides is 2. The Kier molecular flexibility index (Phi) is 5.64. The molecular formula is C21H24N2O4. The second-order valence-electron chi connectivity index (χ2n) is 6.62. The number of hydrogen-bond acceptors (Lipinski definition) is 4. The lowest BCUT2D eigenvalue weighted by Gasteiger charge is -2.22. The molecule has 1 heterocycles. The molecule has 2 aromatic rings. The highest BCUT2D eigenvalue weighted by molar-refractivity contribution is 6.01. The fraction of sp³-hybridized carbons (Fsp3) is 0.333. The summed E-state index contributed by atoms with van der Waals surface area (Å²) >= 11 is 0. The second kappa shape index (κ2) is 8.12. The number of carbonyl (C=O) groups is 2. The Hall–Kier alpha value is -3.02. The summed E-state index contributed by atoms with van der Waals surface area (Å²) in [6, 6.07) is 15.1. The van der Waals surface area contributed by atoms with Gasteiger partial charge in [-0.25, -0.2) is 0 Å². The molecule has 0 bridgehead atoms. The topological polar surface area (TPSA) is 59.1 Å². The van der Waals surface area contributed by atoms with Crippen molar-refractivity contribution in [2.24, 2.45) is 5.92 Å².